The van der Waals surface area contributed by atoms with E-state index >= 15 is 0 Å². The number of rotatable bonds is 5. The van der Waals surface area contributed by atoms with Crippen molar-refractivity contribution in [3.05, 3.63) is 58.6 Å². The Morgan fingerprint density at radius 2 is 1.63 bits per heavy atom. The van der Waals surface area contributed by atoms with Crippen LogP contribution < -0.4 is 16.0 Å². The van der Waals surface area contributed by atoms with Gasteiger partial charge in [0.25, 0.3) is 5.69 Å². The van der Waals surface area contributed by atoms with E-state index in [1.54, 1.807) is 30.3 Å². The van der Waals surface area contributed by atoms with Gasteiger partial charge in [-0.1, -0.05) is 12.1 Å². The van der Waals surface area contributed by atoms with Gasteiger partial charge < -0.3 is 20.9 Å². The Labute approximate surface area is 172 Å². The van der Waals surface area contributed by atoms with Gasteiger partial charge in [0, 0.05) is 30.9 Å². The average molecular weight is 411 g/mol. The summed E-state index contributed by atoms with van der Waals surface area (Å²) in [7, 11) is 0. The lowest BCUT2D eigenvalue weighted by Gasteiger charge is -2.24. The van der Waals surface area contributed by atoms with Crippen molar-refractivity contribution in [2.75, 3.05) is 22.5 Å². The number of nitro benzene ring substituents is 1. The number of likely N-dealkylation sites (tertiary alicyclic amines) is 1. The van der Waals surface area contributed by atoms with Crippen LogP contribution in [-0.2, 0) is 9.59 Å². The highest BCUT2D eigenvalue weighted by Gasteiger charge is 2.34. The van der Waals surface area contributed by atoms with E-state index in [2.05, 4.69) is 16.0 Å². The number of anilines is 3. The van der Waals surface area contributed by atoms with Crippen molar-refractivity contribution >= 4 is 40.6 Å². The first-order valence-electron chi connectivity index (χ1n) is 9.34. The van der Waals surface area contributed by atoms with Crippen LogP contribution in [0.15, 0.2) is 48.5 Å². The molecular weight excluding hydrogens is 390 g/mol. The number of hydrogen-bond acceptors (Lipinski definition) is 5. The lowest BCUT2D eigenvalue weighted by molar-refractivity contribution is -0.383. The summed E-state index contributed by atoms with van der Waals surface area (Å²) in [6, 6.07) is 11.2. The van der Waals surface area contributed by atoms with E-state index in [1.165, 1.54) is 30.0 Å². The second kappa shape index (κ2) is 9.03. The van der Waals surface area contributed by atoms with Crippen LogP contribution in [0.5, 0.6) is 0 Å². The predicted molar refractivity (Wildman–Crippen MR) is 111 cm³/mol. The summed E-state index contributed by atoms with van der Waals surface area (Å²) in [5, 5.41) is 19.1. The van der Waals surface area contributed by atoms with E-state index in [4.69, 9.17) is 0 Å². The van der Waals surface area contributed by atoms with Crippen molar-refractivity contribution in [3.8, 4) is 0 Å². The van der Waals surface area contributed by atoms with E-state index in [0.29, 0.717) is 30.8 Å². The molecule has 3 N–H and O–H groups in total. The molecule has 1 saturated heterocycles. The summed E-state index contributed by atoms with van der Waals surface area (Å²) in [5.41, 5.74) is 0.990. The number of nitro groups is 1. The molecule has 1 aliphatic rings. The van der Waals surface area contributed by atoms with Crippen molar-refractivity contribution in [1.82, 2.24) is 4.90 Å². The molecule has 4 amide bonds. The van der Waals surface area contributed by atoms with Gasteiger partial charge in [0.05, 0.1) is 4.92 Å². The van der Waals surface area contributed by atoms with Gasteiger partial charge in [-0.25, -0.2) is 4.79 Å². The van der Waals surface area contributed by atoms with Crippen LogP contribution in [0, 0.1) is 10.1 Å². The summed E-state index contributed by atoms with van der Waals surface area (Å²) in [5.74, 6) is -0.546. The van der Waals surface area contributed by atoms with Crippen LogP contribution in [0.1, 0.15) is 19.8 Å². The van der Waals surface area contributed by atoms with E-state index < -0.39 is 17.0 Å². The maximum atomic E-state index is 12.7. The number of carbonyl (C=O) groups excluding carboxylic acids is 3. The van der Waals surface area contributed by atoms with Crippen LogP contribution >= 0.6 is 0 Å². The molecule has 0 aliphatic carbocycles. The number of benzene rings is 2. The zero-order valence-electron chi connectivity index (χ0n) is 16.3. The van der Waals surface area contributed by atoms with Crippen LogP contribution in [0.3, 0.4) is 0 Å². The van der Waals surface area contributed by atoms with Crippen LogP contribution in [0.25, 0.3) is 0 Å². The third-order valence-corrected chi connectivity index (χ3v) is 4.63. The molecule has 3 rings (SSSR count). The minimum atomic E-state index is -0.692. The van der Waals surface area contributed by atoms with Crippen molar-refractivity contribution in [2.24, 2.45) is 0 Å². The molecule has 0 unspecified atom stereocenters. The maximum Gasteiger partial charge on any atom is 0.322 e. The second-order valence-corrected chi connectivity index (χ2v) is 6.80. The lowest BCUT2D eigenvalue weighted by atomic mass is 10.2. The summed E-state index contributed by atoms with van der Waals surface area (Å²) >= 11 is 0. The second-order valence-electron chi connectivity index (χ2n) is 6.80. The van der Waals surface area contributed by atoms with Gasteiger partial charge in [0.2, 0.25) is 11.8 Å². The highest BCUT2D eigenvalue weighted by Crippen LogP contribution is 2.26. The van der Waals surface area contributed by atoms with Crippen molar-refractivity contribution in [3.63, 3.8) is 0 Å². The topological polar surface area (TPSA) is 134 Å². The molecule has 10 nitrogen and oxygen atoms in total. The van der Waals surface area contributed by atoms with Crippen molar-refractivity contribution in [1.29, 1.82) is 0 Å². The molecule has 0 radical (unpaired) electrons. The van der Waals surface area contributed by atoms with E-state index in [1.807, 2.05) is 0 Å². The largest absolute Gasteiger partial charge is 0.326 e. The summed E-state index contributed by atoms with van der Waals surface area (Å²) in [6.45, 7) is 1.77. The fraction of sp³-hybridized carbons (Fsp3) is 0.250. The van der Waals surface area contributed by atoms with E-state index in [-0.39, 0.29) is 23.2 Å². The summed E-state index contributed by atoms with van der Waals surface area (Å²) in [4.78, 5) is 48.4. The smallest absolute Gasteiger partial charge is 0.322 e. The first kappa shape index (κ1) is 20.8. The highest BCUT2D eigenvalue weighted by molar-refractivity contribution is 6.00. The number of carbonyl (C=O) groups is 3. The normalized spacial score (nSPS) is 15.4. The van der Waals surface area contributed by atoms with Crippen LogP contribution in [-0.4, -0.2) is 40.3 Å². The van der Waals surface area contributed by atoms with E-state index in [9.17, 15) is 24.5 Å². The Morgan fingerprint density at radius 3 is 2.27 bits per heavy atom. The van der Waals surface area contributed by atoms with Crippen LogP contribution in [0.2, 0.25) is 0 Å². The van der Waals surface area contributed by atoms with Gasteiger partial charge in [-0.3, -0.25) is 19.7 Å². The molecule has 30 heavy (non-hydrogen) atoms. The molecule has 0 bridgehead atoms. The summed E-state index contributed by atoms with van der Waals surface area (Å²) < 4.78 is 0. The fourth-order valence-corrected chi connectivity index (χ4v) is 3.27. The molecule has 0 saturated carbocycles. The molecular formula is C20H21N5O5. The molecule has 1 fully saturated rings. The zero-order chi connectivity index (χ0) is 21.7. The molecule has 2 aromatic rings. The molecule has 1 atom stereocenters. The third kappa shape index (κ3) is 4.90. The number of urea groups is 1. The molecule has 10 heteroatoms. The Morgan fingerprint density at radius 1 is 1.00 bits per heavy atom. The molecule has 1 aliphatic heterocycles. The molecule has 1 heterocycles. The molecule has 0 spiro atoms. The standard InChI is InChI=1S/C20H21N5O5/c1-13(26)21-14-8-10-15(11-9-14)22-19(27)18-7-4-12-24(18)20(28)23-16-5-2-3-6-17(16)25(29)30/h2-3,5-6,8-11,18H,4,7,12H2,1H3,(H,21,26)(H,22,27)(H,23,28)/t18-/m0/s1. The Hall–Kier alpha value is -3.95. The van der Waals surface area contributed by atoms with E-state index in [0.717, 1.165) is 0 Å². The van der Waals surface area contributed by atoms with Gasteiger partial charge in [0.1, 0.15) is 11.7 Å². The monoisotopic (exact) mass is 411 g/mol. The minimum absolute atomic E-state index is 0.0760. The lowest BCUT2D eigenvalue weighted by Crippen LogP contribution is -2.45. The Bertz CT molecular complexity index is 976. The quantitative estimate of drug-likeness (QED) is 0.513. The van der Waals surface area contributed by atoms with Crippen molar-refractivity contribution < 1.29 is 19.3 Å². The Kier molecular flexibility index (Phi) is 6.26. The maximum absolute atomic E-state index is 12.7. The molecule has 0 aromatic heterocycles. The van der Waals surface area contributed by atoms with Gasteiger partial charge >= 0.3 is 6.03 Å². The van der Waals surface area contributed by atoms with Crippen molar-refractivity contribution in [2.45, 2.75) is 25.8 Å². The predicted octanol–water partition coefficient (Wildman–Crippen LogP) is 3.19. The van der Waals surface area contributed by atoms with Gasteiger partial charge in [-0.2, -0.15) is 0 Å². The average Bonchev–Trinajstić information content (AvgIpc) is 3.19. The first-order chi connectivity index (χ1) is 14.3. The molecule has 156 valence electrons. The SMILES string of the molecule is CC(=O)Nc1ccc(NC(=O)[C@@H]2CCCN2C(=O)Nc2ccccc2[N+](=O)[O-])cc1. The number of para-hydroxylation sites is 2. The zero-order valence-corrected chi connectivity index (χ0v) is 16.3. The minimum Gasteiger partial charge on any atom is -0.326 e. The van der Waals surface area contributed by atoms with Gasteiger partial charge in [-0.05, 0) is 43.2 Å². The highest BCUT2D eigenvalue weighted by atomic mass is 16.6. The number of amides is 4. The summed E-state index contributed by atoms with van der Waals surface area (Å²) in [6.07, 6.45) is 1.13. The fourth-order valence-electron chi connectivity index (χ4n) is 3.27. The Balaban J connectivity index is 1.66. The van der Waals surface area contributed by atoms with Crippen LogP contribution in [0.4, 0.5) is 27.5 Å². The number of nitrogens with one attached hydrogen (secondary N) is 3. The van der Waals surface area contributed by atoms with Gasteiger partial charge in [-0.15, -0.1) is 0 Å². The van der Waals surface area contributed by atoms with Gasteiger partial charge in [0.15, 0.2) is 0 Å². The first-order valence-corrected chi connectivity index (χ1v) is 9.34. The number of nitrogens with zero attached hydrogens (tertiary/aromatic N) is 2. The third-order valence-electron chi connectivity index (χ3n) is 4.63. The molecule has 2 aromatic carbocycles. The number of hydrogen-bond donors (Lipinski definition) is 3.